The van der Waals surface area contributed by atoms with E-state index in [1.165, 1.54) is 6.42 Å². The van der Waals surface area contributed by atoms with Gasteiger partial charge in [-0.25, -0.2) is 0 Å². The van der Waals surface area contributed by atoms with Gasteiger partial charge in [0.2, 0.25) is 0 Å². The molecule has 3 N–H and O–H groups in total. The molecular weight excluding hydrogens is 162 g/mol. The smallest absolute Gasteiger partial charge is 0.0623 e. The lowest BCUT2D eigenvalue weighted by molar-refractivity contribution is 0.150. The fourth-order valence-corrected chi connectivity index (χ4v) is 2.33. The summed E-state index contributed by atoms with van der Waals surface area (Å²) in [6, 6.07) is 0.642. The lowest BCUT2D eigenvalue weighted by Crippen LogP contribution is -2.62. The number of hydrogen-bond donors (Lipinski definition) is 3. The molecule has 1 heterocycles. The van der Waals surface area contributed by atoms with Crippen molar-refractivity contribution in [1.29, 1.82) is 0 Å². The van der Waals surface area contributed by atoms with Gasteiger partial charge in [0.25, 0.3) is 0 Å². The summed E-state index contributed by atoms with van der Waals surface area (Å²) in [5.41, 5.74) is 0. The van der Waals surface area contributed by atoms with Crippen LogP contribution in [0.5, 0.6) is 0 Å². The van der Waals surface area contributed by atoms with Crippen molar-refractivity contribution in [1.82, 2.24) is 16.0 Å². The van der Waals surface area contributed by atoms with Crippen molar-refractivity contribution in [3.8, 4) is 0 Å². The van der Waals surface area contributed by atoms with E-state index >= 15 is 0 Å². The van der Waals surface area contributed by atoms with Gasteiger partial charge < -0.3 is 10.6 Å². The van der Waals surface area contributed by atoms with Gasteiger partial charge in [0.05, 0.1) is 6.17 Å². The Morgan fingerprint density at radius 2 is 2.08 bits per heavy atom. The zero-order valence-corrected chi connectivity index (χ0v) is 9.22. The summed E-state index contributed by atoms with van der Waals surface area (Å²) in [6.45, 7) is 7.76. The third-order valence-electron chi connectivity index (χ3n) is 3.05. The van der Waals surface area contributed by atoms with E-state index in [1.54, 1.807) is 0 Å². The van der Waals surface area contributed by atoms with Crippen molar-refractivity contribution < 1.29 is 0 Å². The van der Waals surface area contributed by atoms with Crippen LogP contribution in [-0.2, 0) is 0 Å². The van der Waals surface area contributed by atoms with E-state index in [-0.39, 0.29) is 0 Å². The lowest BCUT2D eigenvalue weighted by Gasteiger charge is -2.41. The highest BCUT2D eigenvalue weighted by atomic mass is 15.2. The molecule has 0 aromatic carbocycles. The molecule has 0 bridgehead atoms. The second-order valence-corrected chi connectivity index (χ2v) is 4.19. The third kappa shape index (κ3) is 2.42. The highest BCUT2D eigenvalue weighted by molar-refractivity contribution is 4.88. The van der Waals surface area contributed by atoms with E-state index < -0.39 is 0 Å². The van der Waals surface area contributed by atoms with Gasteiger partial charge in [-0.2, -0.15) is 0 Å². The highest BCUT2D eigenvalue weighted by Gasteiger charge is 2.31. The van der Waals surface area contributed by atoms with Crippen LogP contribution in [0.4, 0.5) is 0 Å². The minimum atomic E-state index is 0.471. The molecule has 1 fully saturated rings. The van der Waals surface area contributed by atoms with Crippen LogP contribution in [0.1, 0.15) is 27.2 Å². The Bertz CT molecular complexity index is 147. The first-order chi connectivity index (χ1) is 6.20. The molecule has 0 aliphatic carbocycles. The average Bonchev–Trinajstić information content (AvgIpc) is 2.16. The minimum absolute atomic E-state index is 0.471. The SMILES string of the molecule is CCC1C(NC)NCNC1C(C)C. The summed E-state index contributed by atoms with van der Waals surface area (Å²) in [5.74, 6) is 1.40. The molecule has 3 heteroatoms. The molecule has 0 spiro atoms. The second kappa shape index (κ2) is 4.94. The second-order valence-electron chi connectivity index (χ2n) is 4.19. The predicted molar refractivity (Wildman–Crippen MR) is 56.4 cm³/mol. The molecule has 3 atom stereocenters. The van der Waals surface area contributed by atoms with Crippen LogP contribution >= 0.6 is 0 Å². The lowest BCUT2D eigenvalue weighted by atomic mass is 9.85. The van der Waals surface area contributed by atoms with Gasteiger partial charge in [0.1, 0.15) is 0 Å². The van der Waals surface area contributed by atoms with E-state index in [4.69, 9.17) is 0 Å². The summed E-state index contributed by atoms with van der Waals surface area (Å²) in [5, 5.41) is 10.3. The Kier molecular flexibility index (Phi) is 4.16. The topological polar surface area (TPSA) is 36.1 Å². The first-order valence-electron chi connectivity index (χ1n) is 5.34. The van der Waals surface area contributed by atoms with Crippen molar-refractivity contribution in [2.75, 3.05) is 13.7 Å². The standard InChI is InChI=1S/C10H23N3/c1-5-8-9(7(2)3)12-6-13-10(8)11-4/h7-13H,5-6H2,1-4H3. The Balaban J connectivity index is 2.61. The van der Waals surface area contributed by atoms with Gasteiger partial charge in [-0.15, -0.1) is 0 Å². The van der Waals surface area contributed by atoms with Crippen molar-refractivity contribution in [2.24, 2.45) is 11.8 Å². The molecule has 0 aromatic rings. The normalized spacial score (nSPS) is 35.3. The number of nitrogens with one attached hydrogen (secondary N) is 3. The van der Waals surface area contributed by atoms with Gasteiger partial charge in [-0.1, -0.05) is 20.8 Å². The van der Waals surface area contributed by atoms with E-state index in [0.717, 1.165) is 6.67 Å². The molecule has 78 valence electrons. The maximum Gasteiger partial charge on any atom is 0.0623 e. The van der Waals surface area contributed by atoms with Crippen LogP contribution < -0.4 is 16.0 Å². The van der Waals surface area contributed by atoms with Gasteiger partial charge in [-0.05, 0) is 19.4 Å². The molecule has 1 saturated heterocycles. The summed E-state index contributed by atoms with van der Waals surface area (Å²) >= 11 is 0. The Labute approximate surface area is 81.7 Å². The zero-order valence-electron chi connectivity index (χ0n) is 9.22. The van der Waals surface area contributed by atoms with E-state index in [0.29, 0.717) is 24.0 Å². The van der Waals surface area contributed by atoms with E-state index in [9.17, 15) is 0 Å². The van der Waals surface area contributed by atoms with Crippen LogP contribution in [0.25, 0.3) is 0 Å². The minimum Gasteiger partial charge on any atom is -0.305 e. The predicted octanol–water partition coefficient (Wildman–Crippen LogP) is 0.733. The average molecular weight is 185 g/mol. The van der Waals surface area contributed by atoms with Crippen molar-refractivity contribution in [3.05, 3.63) is 0 Å². The van der Waals surface area contributed by atoms with Gasteiger partial charge >= 0.3 is 0 Å². The summed E-state index contributed by atoms with van der Waals surface area (Å²) in [4.78, 5) is 0. The van der Waals surface area contributed by atoms with Crippen LogP contribution in [0.15, 0.2) is 0 Å². The van der Waals surface area contributed by atoms with E-state index in [1.807, 2.05) is 7.05 Å². The van der Waals surface area contributed by atoms with Gasteiger partial charge in [0, 0.05) is 18.6 Å². The third-order valence-corrected chi connectivity index (χ3v) is 3.05. The fourth-order valence-electron chi connectivity index (χ4n) is 2.33. The van der Waals surface area contributed by atoms with Gasteiger partial charge in [0.15, 0.2) is 0 Å². The Hall–Kier alpha value is -0.120. The molecule has 1 rings (SSSR count). The molecule has 13 heavy (non-hydrogen) atoms. The maximum atomic E-state index is 3.53. The monoisotopic (exact) mass is 185 g/mol. The molecule has 1 aliphatic rings. The summed E-state index contributed by atoms with van der Waals surface area (Å²) < 4.78 is 0. The quantitative estimate of drug-likeness (QED) is 0.607. The molecule has 3 unspecified atom stereocenters. The zero-order chi connectivity index (χ0) is 9.84. The summed E-state index contributed by atoms with van der Waals surface area (Å²) in [7, 11) is 2.03. The van der Waals surface area contributed by atoms with Crippen molar-refractivity contribution in [2.45, 2.75) is 39.4 Å². The van der Waals surface area contributed by atoms with Gasteiger partial charge in [-0.3, -0.25) is 5.32 Å². The van der Waals surface area contributed by atoms with Crippen LogP contribution in [-0.4, -0.2) is 25.9 Å². The first kappa shape index (κ1) is 11.0. The molecule has 1 aliphatic heterocycles. The number of rotatable bonds is 3. The fraction of sp³-hybridized carbons (Fsp3) is 1.00. The summed E-state index contributed by atoms with van der Waals surface area (Å²) in [6.07, 6.45) is 1.69. The highest BCUT2D eigenvalue weighted by Crippen LogP contribution is 2.20. The van der Waals surface area contributed by atoms with Crippen LogP contribution in [0.3, 0.4) is 0 Å². The van der Waals surface area contributed by atoms with Crippen molar-refractivity contribution >= 4 is 0 Å². The van der Waals surface area contributed by atoms with Crippen LogP contribution in [0, 0.1) is 11.8 Å². The Morgan fingerprint density at radius 3 is 2.54 bits per heavy atom. The number of hydrogen-bond acceptors (Lipinski definition) is 3. The molecule has 0 saturated carbocycles. The Morgan fingerprint density at radius 1 is 1.38 bits per heavy atom. The van der Waals surface area contributed by atoms with Crippen LogP contribution in [0.2, 0.25) is 0 Å². The largest absolute Gasteiger partial charge is 0.305 e. The molecule has 0 amide bonds. The molecule has 0 radical (unpaired) electrons. The molecular formula is C10H23N3. The molecule has 0 aromatic heterocycles. The maximum absolute atomic E-state index is 3.53. The first-order valence-corrected chi connectivity index (χ1v) is 5.34. The van der Waals surface area contributed by atoms with E-state index in [2.05, 4.69) is 36.7 Å². The van der Waals surface area contributed by atoms with Crippen molar-refractivity contribution in [3.63, 3.8) is 0 Å². The molecule has 3 nitrogen and oxygen atoms in total.